The van der Waals surface area contributed by atoms with Gasteiger partial charge in [-0.15, -0.1) is 0 Å². The van der Waals surface area contributed by atoms with Crippen LogP contribution in [0.15, 0.2) is 53.3 Å². The number of hydrogen-bond acceptors (Lipinski definition) is 4. The quantitative estimate of drug-likeness (QED) is 0.776. The minimum atomic E-state index is -0.308. The van der Waals surface area contributed by atoms with E-state index in [4.69, 9.17) is 4.74 Å². The van der Waals surface area contributed by atoms with Crippen molar-refractivity contribution in [2.45, 2.75) is 6.92 Å². The number of aryl methyl sites for hydroxylation is 1. The van der Waals surface area contributed by atoms with E-state index in [1.54, 1.807) is 31.3 Å². The number of hydrogen-bond donors (Lipinski definition) is 1. The van der Waals surface area contributed by atoms with Gasteiger partial charge in [0.25, 0.3) is 11.5 Å². The van der Waals surface area contributed by atoms with Crippen molar-refractivity contribution in [1.29, 1.82) is 0 Å². The Bertz CT molecular complexity index is 965. The number of ether oxygens (including phenoxy) is 1. The van der Waals surface area contributed by atoms with Crippen LogP contribution >= 0.6 is 0 Å². The molecule has 0 bridgehead atoms. The molecule has 1 heterocycles. The zero-order valence-corrected chi connectivity index (χ0v) is 14.2. The molecule has 0 atom stereocenters. The van der Waals surface area contributed by atoms with E-state index in [2.05, 4.69) is 10.2 Å². The van der Waals surface area contributed by atoms with Crippen LogP contribution in [0, 0.1) is 6.92 Å². The molecule has 0 fully saturated rings. The van der Waals surface area contributed by atoms with E-state index in [-0.39, 0.29) is 17.2 Å². The summed E-state index contributed by atoms with van der Waals surface area (Å²) in [6.45, 7) is 2.75. The number of nitrogens with zero attached hydrogens (tertiary/aromatic N) is 2. The van der Waals surface area contributed by atoms with Crippen LogP contribution in [0.3, 0.4) is 0 Å². The Balaban J connectivity index is 1.72. The largest absolute Gasteiger partial charge is 0.491 e. The fourth-order valence-corrected chi connectivity index (χ4v) is 2.57. The second-order valence-corrected chi connectivity index (χ2v) is 5.79. The Hall–Kier alpha value is -3.15. The molecular weight excluding hydrogens is 318 g/mol. The van der Waals surface area contributed by atoms with Crippen LogP contribution in [-0.4, -0.2) is 41.2 Å². The predicted octanol–water partition coefficient (Wildman–Crippen LogP) is 2.38. The first kappa shape index (κ1) is 16.7. The first-order valence-electron chi connectivity index (χ1n) is 7.99. The summed E-state index contributed by atoms with van der Waals surface area (Å²) in [6.07, 6.45) is 0. The van der Waals surface area contributed by atoms with Crippen LogP contribution in [0.5, 0.6) is 5.75 Å². The summed E-state index contributed by atoms with van der Waals surface area (Å²) in [5.74, 6) is 0.539. The number of nitrogens with one attached hydrogen (secondary N) is 1. The molecule has 1 N–H and O–H groups in total. The van der Waals surface area contributed by atoms with Gasteiger partial charge in [0.05, 0.1) is 11.9 Å². The molecule has 1 aromatic heterocycles. The third-order valence-electron chi connectivity index (χ3n) is 4.02. The van der Waals surface area contributed by atoms with Gasteiger partial charge in [-0.05, 0) is 24.6 Å². The number of rotatable bonds is 5. The maximum Gasteiger partial charge on any atom is 0.274 e. The fourth-order valence-electron chi connectivity index (χ4n) is 2.57. The molecule has 0 aliphatic carbocycles. The van der Waals surface area contributed by atoms with Crippen molar-refractivity contribution in [2.24, 2.45) is 0 Å². The molecular formula is C19H19N3O3. The Morgan fingerprint density at radius 2 is 1.80 bits per heavy atom. The lowest BCUT2D eigenvalue weighted by atomic mass is 10.1. The van der Waals surface area contributed by atoms with Crippen LogP contribution in [0.25, 0.3) is 10.8 Å². The van der Waals surface area contributed by atoms with Gasteiger partial charge in [-0.3, -0.25) is 9.59 Å². The molecule has 0 spiro atoms. The van der Waals surface area contributed by atoms with Gasteiger partial charge in [0.2, 0.25) is 0 Å². The topological polar surface area (TPSA) is 75.3 Å². The minimum Gasteiger partial charge on any atom is -0.491 e. The standard InChI is InChI=1S/C19H19N3O3/c1-13-7-3-6-10-16(13)25-12-11-22(2)19(24)17-14-8-4-5-9-15(14)18(23)21-20-17/h3-10H,11-12H2,1-2H3,(H,21,23). The molecule has 0 unspecified atom stereocenters. The molecule has 25 heavy (non-hydrogen) atoms. The third kappa shape index (κ3) is 3.52. The molecule has 0 aliphatic rings. The number of carbonyl (C=O) groups excluding carboxylic acids is 1. The second-order valence-electron chi connectivity index (χ2n) is 5.79. The first-order chi connectivity index (χ1) is 12.1. The molecule has 3 aromatic rings. The van der Waals surface area contributed by atoms with E-state index in [1.807, 2.05) is 31.2 Å². The second kappa shape index (κ2) is 7.17. The number of aromatic nitrogens is 2. The molecule has 0 radical (unpaired) electrons. The van der Waals surface area contributed by atoms with Gasteiger partial charge in [-0.1, -0.05) is 36.4 Å². The number of fused-ring (bicyclic) bond motifs is 1. The van der Waals surface area contributed by atoms with Crippen molar-refractivity contribution in [3.8, 4) is 5.75 Å². The number of H-pyrrole nitrogens is 1. The number of likely N-dealkylation sites (N-methyl/N-ethyl adjacent to an activating group) is 1. The van der Waals surface area contributed by atoms with Crippen LogP contribution in [-0.2, 0) is 0 Å². The Labute approximate surface area is 145 Å². The van der Waals surface area contributed by atoms with Crippen LogP contribution in [0.1, 0.15) is 16.1 Å². The van der Waals surface area contributed by atoms with E-state index < -0.39 is 0 Å². The molecule has 1 amide bonds. The molecule has 128 valence electrons. The van der Waals surface area contributed by atoms with Crippen LogP contribution < -0.4 is 10.3 Å². The number of amides is 1. The predicted molar refractivity (Wildman–Crippen MR) is 96.0 cm³/mol. The summed E-state index contributed by atoms with van der Waals surface area (Å²) in [5, 5.41) is 7.32. The molecule has 0 saturated heterocycles. The molecule has 0 saturated carbocycles. The number of aromatic amines is 1. The van der Waals surface area contributed by atoms with Gasteiger partial charge < -0.3 is 9.64 Å². The van der Waals surface area contributed by atoms with E-state index in [9.17, 15) is 9.59 Å². The van der Waals surface area contributed by atoms with Crippen molar-refractivity contribution in [3.05, 3.63) is 70.1 Å². The number of benzene rings is 2. The minimum absolute atomic E-state index is 0.230. The zero-order chi connectivity index (χ0) is 17.8. The smallest absolute Gasteiger partial charge is 0.274 e. The SMILES string of the molecule is Cc1ccccc1OCCN(C)C(=O)c1n[nH]c(=O)c2ccccc12. The highest BCUT2D eigenvalue weighted by molar-refractivity contribution is 6.04. The van der Waals surface area contributed by atoms with Gasteiger partial charge in [0.15, 0.2) is 5.69 Å². The van der Waals surface area contributed by atoms with Crippen molar-refractivity contribution in [2.75, 3.05) is 20.2 Å². The fraction of sp³-hybridized carbons (Fsp3) is 0.211. The molecule has 2 aromatic carbocycles. The van der Waals surface area contributed by atoms with Crippen LogP contribution in [0.2, 0.25) is 0 Å². The Morgan fingerprint density at radius 3 is 2.56 bits per heavy atom. The Morgan fingerprint density at radius 1 is 1.12 bits per heavy atom. The van der Waals surface area contributed by atoms with Crippen molar-refractivity contribution in [3.63, 3.8) is 0 Å². The molecule has 6 nitrogen and oxygen atoms in total. The Kier molecular flexibility index (Phi) is 4.79. The summed E-state index contributed by atoms with van der Waals surface area (Å²) in [4.78, 5) is 26.0. The highest BCUT2D eigenvalue weighted by atomic mass is 16.5. The van der Waals surface area contributed by atoms with Gasteiger partial charge in [-0.2, -0.15) is 5.10 Å². The van der Waals surface area contributed by atoms with Crippen molar-refractivity contribution >= 4 is 16.7 Å². The van der Waals surface area contributed by atoms with Crippen LogP contribution in [0.4, 0.5) is 0 Å². The number of para-hydroxylation sites is 1. The lowest BCUT2D eigenvalue weighted by molar-refractivity contribution is 0.0769. The first-order valence-corrected chi connectivity index (χ1v) is 7.99. The lowest BCUT2D eigenvalue weighted by Gasteiger charge is -2.18. The maximum atomic E-state index is 12.7. The highest BCUT2D eigenvalue weighted by Gasteiger charge is 2.17. The molecule has 3 rings (SSSR count). The maximum absolute atomic E-state index is 12.7. The summed E-state index contributed by atoms with van der Waals surface area (Å²) in [7, 11) is 1.69. The summed E-state index contributed by atoms with van der Waals surface area (Å²) in [6, 6.07) is 14.7. The summed E-state index contributed by atoms with van der Waals surface area (Å²) < 4.78 is 5.73. The third-order valence-corrected chi connectivity index (χ3v) is 4.02. The zero-order valence-electron chi connectivity index (χ0n) is 14.2. The molecule has 0 aliphatic heterocycles. The van der Waals surface area contributed by atoms with Gasteiger partial charge >= 0.3 is 0 Å². The monoisotopic (exact) mass is 337 g/mol. The number of carbonyl (C=O) groups is 1. The molecule has 6 heteroatoms. The van der Waals surface area contributed by atoms with Gasteiger partial charge in [0.1, 0.15) is 12.4 Å². The summed E-state index contributed by atoms with van der Waals surface area (Å²) in [5.41, 5.74) is 0.969. The van der Waals surface area contributed by atoms with E-state index in [1.165, 1.54) is 4.90 Å². The van der Waals surface area contributed by atoms with Crippen molar-refractivity contribution < 1.29 is 9.53 Å². The van der Waals surface area contributed by atoms with Gasteiger partial charge in [-0.25, -0.2) is 5.10 Å². The normalized spacial score (nSPS) is 10.6. The van der Waals surface area contributed by atoms with E-state index >= 15 is 0 Å². The van der Waals surface area contributed by atoms with Crippen molar-refractivity contribution in [1.82, 2.24) is 15.1 Å². The van der Waals surface area contributed by atoms with E-state index in [0.717, 1.165) is 11.3 Å². The summed E-state index contributed by atoms with van der Waals surface area (Å²) >= 11 is 0. The van der Waals surface area contributed by atoms with E-state index in [0.29, 0.717) is 23.9 Å². The lowest BCUT2D eigenvalue weighted by Crippen LogP contribution is -2.32. The average Bonchev–Trinajstić information content (AvgIpc) is 2.63. The highest BCUT2D eigenvalue weighted by Crippen LogP contribution is 2.16. The average molecular weight is 337 g/mol. The van der Waals surface area contributed by atoms with Gasteiger partial charge in [0, 0.05) is 12.4 Å².